The number of aliphatic hydroxyl groups excluding tert-OH is 1. The number of aliphatic hydroxyl groups is 1. The van der Waals surface area contributed by atoms with E-state index in [2.05, 4.69) is 15.9 Å². The van der Waals surface area contributed by atoms with Crippen LogP contribution in [-0.4, -0.2) is 11.7 Å². The lowest BCUT2D eigenvalue weighted by atomic mass is 9.90. The van der Waals surface area contributed by atoms with Crippen molar-refractivity contribution in [1.82, 2.24) is 0 Å². The summed E-state index contributed by atoms with van der Waals surface area (Å²) < 4.78 is 13.4. The minimum absolute atomic E-state index is 0.0107. The molecule has 0 saturated heterocycles. The fraction of sp³-hybridized carbons (Fsp3) is 0.400. The lowest BCUT2D eigenvalue weighted by Gasteiger charge is -2.25. The van der Waals surface area contributed by atoms with Crippen LogP contribution in [0.1, 0.15) is 18.9 Å². The normalized spacial score (nSPS) is 15.2. The third-order valence-corrected chi connectivity index (χ3v) is 2.83. The first kappa shape index (κ1) is 11.6. The average Bonchev–Trinajstić information content (AvgIpc) is 2.02. The Balaban J connectivity index is 3.06. The molecule has 0 aliphatic carbocycles. The molecule has 1 aromatic rings. The van der Waals surface area contributed by atoms with Crippen LogP contribution in [0.25, 0.3) is 0 Å². The molecule has 0 fully saturated rings. The van der Waals surface area contributed by atoms with Crippen molar-refractivity contribution in [2.75, 3.05) is 6.61 Å². The third-order valence-electron chi connectivity index (χ3n) is 2.18. The van der Waals surface area contributed by atoms with E-state index < -0.39 is 5.54 Å². The predicted octanol–water partition coefficient (Wildman–Crippen LogP) is 2.14. The van der Waals surface area contributed by atoms with Crippen molar-refractivity contribution in [2.24, 2.45) is 5.73 Å². The van der Waals surface area contributed by atoms with Gasteiger partial charge in [-0.05, 0) is 31.0 Å². The van der Waals surface area contributed by atoms with Crippen LogP contribution in [-0.2, 0) is 5.54 Å². The minimum atomic E-state index is -0.638. The molecule has 1 atom stereocenters. The monoisotopic (exact) mass is 261 g/mol. The van der Waals surface area contributed by atoms with Gasteiger partial charge in [0.1, 0.15) is 5.82 Å². The molecule has 0 amide bonds. The van der Waals surface area contributed by atoms with Crippen LogP contribution >= 0.6 is 15.9 Å². The van der Waals surface area contributed by atoms with E-state index in [-0.39, 0.29) is 12.4 Å². The van der Waals surface area contributed by atoms with E-state index >= 15 is 0 Å². The zero-order valence-electron chi connectivity index (χ0n) is 7.93. The minimum Gasteiger partial charge on any atom is -0.396 e. The van der Waals surface area contributed by atoms with Crippen LogP contribution < -0.4 is 5.73 Å². The van der Waals surface area contributed by atoms with Gasteiger partial charge in [-0.2, -0.15) is 0 Å². The maximum atomic E-state index is 12.8. The number of benzene rings is 1. The maximum Gasteiger partial charge on any atom is 0.124 e. The molecule has 0 aliphatic heterocycles. The van der Waals surface area contributed by atoms with Gasteiger partial charge >= 0.3 is 0 Å². The Morgan fingerprint density at radius 1 is 1.57 bits per heavy atom. The van der Waals surface area contributed by atoms with Gasteiger partial charge in [-0.15, -0.1) is 0 Å². The van der Waals surface area contributed by atoms with Gasteiger partial charge in [-0.3, -0.25) is 0 Å². The summed E-state index contributed by atoms with van der Waals surface area (Å²) in [6, 6.07) is 4.37. The zero-order chi connectivity index (χ0) is 10.8. The van der Waals surface area contributed by atoms with Crippen LogP contribution in [0.3, 0.4) is 0 Å². The van der Waals surface area contributed by atoms with Crippen LogP contribution in [0, 0.1) is 5.82 Å². The topological polar surface area (TPSA) is 46.2 Å². The van der Waals surface area contributed by atoms with Gasteiger partial charge in [0.25, 0.3) is 0 Å². The maximum absolute atomic E-state index is 12.8. The molecule has 0 saturated carbocycles. The number of nitrogens with two attached hydrogens (primary N) is 1. The van der Waals surface area contributed by atoms with Crippen molar-refractivity contribution in [2.45, 2.75) is 18.9 Å². The Labute approximate surface area is 91.1 Å². The SMILES string of the molecule is CC(N)(CCO)c1ccc(F)cc1Br. The van der Waals surface area contributed by atoms with E-state index in [1.54, 1.807) is 13.0 Å². The fourth-order valence-corrected chi connectivity index (χ4v) is 2.12. The first-order valence-electron chi connectivity index (χ1n) is 4.32. The highest BCUT2D eigenvalue weighted by molar-refractivity contribution is 9.10. The summed E-state index contributed by atoms with van der Waals surface area (Å²) in [5.41, 5.74) is 6.15. The lowest BCUT2D eigenvalue weighted by molar-refractivity contribution is 0.247. The molecule has 0 heterocycles. The Morgan fingerprint density at radius 2 is 2.21 bits per heavy atom. The van der Waals surface area contributed by atoms with Crippen LogP contribution in [0.4, 0.5) is 4.39 Å². The van der Waals surface area contributed by atoms with Gasteiger partial charge in [-0.1, -0.05) is 22.0 Å². The van der Waals surface area contributed by atoms with E-state index in [4.69, 9.17) is 10.8 Å². The van der Waals surface area contributed by atoms with Gasteiger partial charge in [0, 0.05) is 16.6 Å². The molecule has 0 spiro atoms. The average molecular weight is 262 g/mol. The molecule has 1 aromatic carbocycles. The highest BCUT2D eigenvalue weighted by Gasteiger charge is 2.22. The van der Waals surface area contributed by atoms with E-state index in [1.807, 2.05) is 0 Å². The first-order chi connectivity index (χ1) is 6.47. The molecule has 0 radical (unpaired) electrons. The molecule has 78 valence electrons. The van der Waals surface area contributed by atoms with Gasteiger partial charge in [0.2, 0.25) is 0 Å². The second kappa shape index (κ2) is 4.38. The van der Waals surface area contributed by atoms with Gasteiger partial charge in [0.05, 0.1) is 0 Å². The van der Waals surface area contributed by atoms with Crippen LogP contribution in [0.15, 0.2) is 22.7 Å². The number of hydrogen-bond donors (Lipinski definition) is 2. The summed E-state index contributed by atoms with van der Waals surface area (Å²) in [5.74, 6) is -0.305. The fourth-order valence-electron chi connectivity index (χ4n) is 1.32. The molecular formula is C10H13BrFNO. The Kier molecular flexibility index (Phi) is 3.64. The molecule has 4 heteroatoms. The van der Waals surface area contributed by atoms with Crippen LogP contribution in [0.2, 0.25) is 0 Å². The van der Waals surface area contributed by atoms with Gasteiger partial charge in [0.15, 0.2) is 0 Å². The highest BCUT2D eigenvalue weighted by Crippen LogP contribution is 2.29. The van der Waals surface area contributed by atoms with E-state index in [1.165, 1.54) is 12.1 Å². The quantitative estimate of drug-likeness (QED) is 0.876. The third kappa shape index (κ3) is 2.53. The Morgan fingerprint density at radius 3 is 2.71 bits per heavy atom. The van der Waals surface area contributed by atoms with Gasteiger partial charge < -0.3 is 10.8 Å². The van der Waals surface area contributed by atoms with Crippen molar-refractivity contribution in [1.29, 1.82) is 0 Å². The first-order valence-corrected chi connectivity index (χ1v) is 5.12. The van der Waals surface area contributed by atoms with Crippen molar-refractivity contribution in [3.05, 3.63) is 34.1 Å². The molecular weight excluding hydrogens is 249 g/mol. The van der Waals surface area contributed by atoms with Crippen molar-refractivity contribution >= 4 is 15.9 Å². The molecule has 1 rings (SSSR count). The summed E-state index contributed by atoms with van der Waals surface area (Å²) in [4.78, 5) is 0. The summed E-state index contributed by atoms with van der Waals surface area (Å²) in [6.07, 6.45) is 0.442. The summed E-state index contributed by atoms with van der Waals surface area (Å²) >= 11 is 3.25. The largest absolute Gasteiger partial charge is 0.396 e. The molecule has 3 N–H and O–H groups in total. The summed E-state index contributed by atoms with van der Waals surface area (Å²) in [5, 5.41) is 8.84. The standard InChI is InChI=1S/C10H13BrFNO/c1-10(13,4-5-14)8-3-2-7(12)6-9(8)11/h2-3,6,14H,4-5,13H2,1H3. The zero-order valence-corrected chi connectivity index (χ0v) is 9.51. The highest BCUT2D eigenvalue weighted by atomic mass is 79.9. The van der Waals surface area contributed by atoms with E-state index in [9.17, 15) is 4.39 Å². The van der Waals surface area contributed by atoms with Gasteiger partial charge in [-0.25, -0.2) is 4.39 Å². The van der Waals surface area contributed by atoms with Crippen molar-refractivity contribution in [3.8, 4) is 0 Å². The van der Waals surface area contributed by atoms with E-state index in [0.717, 1.165) is 5.56 Å². The second-order valence-electron chi connectivity index (χ2n) is 3.52. The summed E-state index contributed by atoms with van der Waals surface area (Å²) in [6.45, 7) is 1.82. The second-order valence-corrected chi connectivity index (χ2v) is 4.37. The Hall–Kier alpha value is -0.450. The number of hydrogen-bond acceptors (Lipinski definition) is 2. The molecule has 14 heavy (non-hydrogen) atoms. The molecule has 0 bridgehead atoms. The molecule has 1 unspecified atom stereocenters. The predicted molar refractivity (Wildman–Crippen MR) is 57.3 cm³/mol. The lowest BCUT2D eigenvalue weighted by Crippen LogP contribution is -2.34. The molecule has 2 nitrogen and oxygen atoms in total. The smallest absolute Gasteiger partial charge is 0.124 e. The molecule has 0 aromatic heterocycles. The number of rotatable bonds is 3. The van der Waals surface area contributed by atoms with Crippen molar-refractivity contribution < 1.29 is 9.50 Å². The Bertz CT molecular complexity index is 328. The molecule has 0 aliphatic rings. The van der Waals surface area contributed by atoms with Crippen LogP contribution in [0.5, 0.6) is 0 Å². The van der Waals surface area contributed by atoms with E-state index in [0.29, 0.717) is 10.9 Å². The number of halogens is 2. The van der Waals surface area contributed by atoms with Crippen molar-refractivity contribution in [3.63, 3.8) is 0 Å². The summed E-state index contributed by atoms with van der Waals surface area (Å²) in [7, 11) is 0.